The summed E-state index contributed by atoms with van der Waals surface area (Å²) in [5.74, 6) is -2.27. The van der Waals surface area contributed by atoms with Crippen LogP contribution in [0.4, 0.5) is 5.69 Å². The number of rotatable bonds is 8. The van der Waals surface area contributed by atoms with Gasteiger partial charge in [-0.05, 0) is 122 Å². The number of nitrogens with two attached hydrogens (primary N) is 1. The number of amidine groups is 1. The lowest BCUT2D eigenvalue weighted by Crippen LogP contribution is -2.39. The summed E-state index contributed by atoms with van der Waals surface area (Å²) in [5.41, 5.74) is 6.50. The number of Topliss-reactive ketones (excluding diaryl/α,β-unsaturated/α-hetero) is 1. The molecule has 0 spiro atoms. The number of nitrogens with zero attached hydrogens (tertiary/aromatic N) is 2. The molecule has 0 radical (unpaired) electrons. The van der Waals surface area contributed by atoms with Crippen LogP contribution in [0.3, 0.4) is 0 Å². The molecule has 20 heteroatoms. The van der Waals surface area contributed by atoms with Crippen LogP contribution < -0.4 is 10.6 Å². The van der Waals surface area contributed by atoms with E-state index in [1.807, 2.05) is 40.0 Å². The third-order valence-electron chi connectivity index (χ3n) is 11.4. The number of aliphatic imine (C=N–C) groups is 1. The van der Waals surface area contributed by atoms with Crippen molar-refractivity contribution in [2.75, 3.05) is 31.9 Å². The minimum absolute atomic E-state index is 0.0301. The first-order valence-electron chi connectivity index (χ1n) is 23.2. The number of aromatic hydroxyl groups is 6. The van der Waals surface area contributed by atoms with E-state index in [1.165, 1.54) is 79.7 Å². The minimum atomic E-state index is -1.50. The van der Waals surface area contributed by atoms with Gasteiger partial charge in [-0.1, -0.05) is 63.2 Å². The second-order valence-corrected chi connectivity index (χ2v) is 20.5. The van der Waals surface area contributed by atoms with Gasteiger partial charge in [-0.25, -0.2) is 9.59 Å². The molecule has 18 nitrogen and oxygen atoms in total. The Kier molecular flexibility index (Phi) is 20.9. The topological polar surface area (TPSA) is 318 Å². The van der Waals surface area contributed by atoms with Gasteiger partial charge in [0.25, 0.3) is 5.91 Å². The number of thioether (sulfide) groups is 1. The van der Waals surface area contributed by atoms with Crippen molar-refractivity contribution < 1.29 is 74.7 Å². The Bertz CT molecular complexity index is 3380. The van der Waals surface area contributed by atoms with Crippen molar-refractivity contribution in [2.24, 2.45) is 16.1 Å². The Labute approximate surface area is 452 Å². The van der Waals surface area contributed by atoms with Gasteiger partial charge in [0, 0.05) is 34.3 Å². The van der Waals surface area contributed by atoms with Crippen molar-refractivity contribution in [3.8, 4) is 34.5 Å². The SMILES string of the molecule is CC(=O)/C=C/c1ccc(O)c(O)c1.CN=C(N)c1ccccc1O.COC(=O)c1cccc(N2C[C@](C)(O)[C@H](O)C2=O)c1.CSc1sc(C(=O)C(C)(C)C)c2cc(O)c(C)cc12.O=C(O)c1cccc2cc(O)c(O)cc12. The molecule has 1 saturated heterocycles. The monoisotopic (exact) mass is 1090 g/mol. The number of esters is 1. The Morgan fingerprint density at radius 3 is 1.96 bits per heavy atom. The number of para-hydroxylation sites is 1. The van der Waals surface area contributed by atoms with Crippen LogP contribution in [-0.2, 0) is 14.3 Å². The molecule has 1 aliphatic rings. The number of carboxylic acids is 1. The third kappa shape index (κ3) is 15.8. The zero-order chi connectivity index (χ0) is 57.7. The number of β-amino-alcohol motifs (C(OH)–C–C–N with tert-alkyl or cyclic N) is 1. The number of amides is 1. The molecular weight excluding hydrogens is 1030 g/mol. The molecular formula is C57H61N3O15S2. The molecule has 8 rings (SSSR count). The molecule has 0 unspecified atom stereocenters. The minimum Gasteiger partial charge on any atom is -0.508 e. The normalized spacial score (nSPS) is 15.0. The summed E-state index contributed by atoms with van der Waals surface area (Å²) in [7, 11) is 2.85. The predicted octanol–water partition coefficient (Wildman–Crippen LogP) is 9.17. The highest BCUT2D eigenvalue weighted by Gasteiger charge is 2.48. The van der Waals surface area contributed by atoms with Gasteiger partial charge in [-0.3, -0.25) is 19.4 Å². The van der Waals surface area contributed by atoms with Gasteiger partial charge < -0.3 is 61.3 Å². The first-order chi connectivity index (χ1) is 36.1. The molecule has 7 aromatic rings. The second-order valence-electron chi connectivity index (χ2n) is 18.4. The number of methoxy groups -OCH3 is 1. The van der Waals surface area contributed by atoms with Gasteiger partial charge in [0.15, 0.2) is 40.7 Å². The number of carbonyl (C=O) groups excluding carboxylic acids is 4. The summed E-state index contributed by atoms with van der Waals surface area (Å²) in [4.78, 5) is 63.0. The average molecular weight is 1090 g/mol. The molecule has 77 heavy (non-hydrogen) atoms. The number of aryl methyl sites for hydroxylation is 1. The lowest BCUT2D eigenvalue weighted by atomic mass is 9.89. The maximum absolute atomic E-state index is 12.5. The number of phenols is 6. The zero-order valence-electron chi connectivity index (χ0n) is 43.6. The van der Waals surface area contributed by atoms with Crippen molar-refractivity contribution in [1.82, 2.24) is 0 Å². The molecule has 1 amide bonds. The van der Waals surface area contributed by atoms with E-state index in [0.29, 0.717) is 39.0 Å². The first kappa shape index (κ1) is 61.1. The Hall–Kier alpha value is -8.43. The van der Waals surface area contributed by atoms with Crippen LogP contribution >= 0.6 is 23.1 Å². The Morgan fingerprint density at radius 2 is 1.40 bits per heavy atom. The smallest absolute Gasteiger partial charge is 0.337 e. The van der Waals surface area contributed by atoms with E-state index in [1.54, 1.807) is 91.6 Å². The number of thiophene rings is 1. The maximum Gasteiger partial charge on any atom is 0.337 e. The fourth-order valence-corrected chi connectivity index (χ4v) is 9.22. The summed E-state index contributed by atoms with van der Waals surface area (Å²) in [6.45, 7) is 10.4. The number of hydrogen-bond donors (Lipinski definition) is 10. The number of aromatic carboxylic acids is 1. The second kappa shape index (κ2) is 26.4. The fraction of sp³-hybridized carbons (Fsp3) is 0.228. The van der Waals surface area contributed by atoms with Crippen molar-refractivity contribution in [2.45, 2.75) is 57.5 Å². The standard InChI is InChI=1S/C15H18O2S2.C13H15NO5.C11H8O4.C10H10O3.C8H10N2O/c1-8-6-10-9(7-11(8)16)12(19-14(10)18-5)13(17)15(2,3)4;1-13(18)7-14(11(16)10(13)15)9-5-3-4-8(6-9)12(17)19-2;12-9-4-6-2-1-3-7(11(14)15)8(6)5-10(9)13;1-7(11)2-3-8-4-5-9(12)10(13)6-8;1-10-8(9)6-4-2-3-5-7(6)11/h6-7,16H,1-5H3;3-6,10,15,18H,7H2,1-2H3;1-5,12-13H,(H,14,15);2-6,12-13H,1H3;2-5,11H,1H3,(H2,9,10)/b;;;3-2+;/t;10-,13+;;;/m.1.../s1. The molecule has 406 valence electrons. The van der Waals surface area contributed by atoms with Crippen molar-refractivity contribution in [1.29, 1.82) is 0 Å². The third-order valence-corrected chi connectivity index (χ3v) is 13.7. The van der Waals surface area contributed by atoms with E-state index in [0.717, 1.165) is 25.4 Å². The molecule has 1 aromatic heterocycles. The van der Waals surface area contributed by atoms with Gasteiger partial charge in [0.1, 0.15) is 22.9 Å². The van der Waals surface area contributed by atoms with E-state index >= 15 is 0 Å². The van der Waals surface area contributed by atoms with Crippen molar-refractivity contribution in [3.05, 3.63) is 148 Å². The highest BCUT2D eigenvalue weighted by atomic mass is 32.2. The summed E-state index contributed by atoms with van der Waals surface area (Å²) in [6, 6.07) is 28.4. The lowest BCUT2D eigenvalue weighted by Gasteiger charge is -2.19. The van der Waals surface area contributed by atoms with Gasteiger partial charge in [-0.2, -0.15) is 0 Å². The summed E-state index contributed by atoms with van der Waals surface area (Å²) in [6.07, 6.45) is 3.51. The summed E-state index contributed by atoms with van der Waals surface area (Å²) in [5, 5.41) is 87.1. The molecule has 1 aliphatic heterocycles. The number of aliphatic hydroxyl groups is 2. The van der Waals surface area contributed by atoms with Crippen LogP contribution in [0.15, 0.2) is 124 Å². The molecule has 0 aliphatic carbocycles. The predicted molar refractivity (Wildman–Crippen MR) is 299 cm³/mol. The number of carboxylic acid groups (broad SMARTS) is 1. The van der Waals surface area contributed by atoms with Gasteiger partial charge >= 0.3 is 11.9 Å². The molecule has 2 heterocycles. The van der Waals surface area contributed by atoms with Gasteiger partial charge in [0.05, 0.1) is 39.4 Å². The zero-order valence-corrected chi connectivity index (χ0v) is 45.2. The quantitative estimate of drug-likeness (QED) is 0.0129. The lowest BCUT2D eigenvalue weighted by molar-refractivity contribution is -0.130. The number of anilines is 1. The van der Waals surface area contributed by atoms with Crippen molar-refractivity contribution in [3.63, 3.8) is 0 Å². The number of benzene rings is 6. The van der Waals surface area contributed by atoms with Crippen molar-refractivity contribution >= 4 is 91.7 Å². The molecule has 0 saturated carbocycles. The van der Waals surface area contributed by atoms with E-state index in [4.69, 9.17) is 21.1 Å². The van der Waals surface area contributed by atoms with Crippen LogP contribution in [0.5, 0.6) is 34.5 Å². The van der Waals surface area contributed by atoms with Crippen LogP contribution in [0.2, 0.25) is 0 Å². The van der Waals surface area contributed by atoms with E-state index in [2.05, 4.69) is 9.73 Å². The molecule has 1 fully saturated rings. The fourth-order valence-electron chi connectivity index (χ4n) is 7.11. The number of hydrogen-bond acceptors (Lipinski definition) is 17. The highest BCUT2D eigenvalue weighted by molar-refractivity contribution is 8.00. The van der Waals surface area contributed by atoms with E-state index in [9.17, 15) is 54.6 Å². The van der Waals surface area contributed by atoms with Crippen LogP contribution in [-0.4, -0.2) is 120 Å². The average Bonchev–Trinajstić information content (AvgIpc) is 3.84. The number of fused-ring (bicyclic) bond motifs is 2. The molecule has 6 aromatic carbocycles. The van der Waals surface area contributed by atoms with Gasteiger partial charge in [-0.15, -0.1) is 23.1 Å². The van der Waals surface area contributed by atoms with E-state index in [-0.39, 0.29) is 58.2 Å². The number of ether oxygens (including phenoxy) is 1. The summed E-state index contributed by atoms with van der Waals surface area (Å²) >= 11 is 3.17. The highest BCUT2D eigenvalue weighted by Crippen LogP contribution is 2.42. The Balaban J connectivity index is 0.000000211. The summed E-state index contributed by atoms with van der Waals surface area (Å²) < 4.78 is 5.73. The van der Waals surface area contributed by atoms with Gasteiger partial charge in [0.2, 0.25) is 0 Å². The maximum atomic E-state index is 12.5. The number of allylic oxidation sites excluding steroid dienone is 1. The number of phenolic OH excluding ortho intramolecular Hbond substituents is 6. The number of aliphatic hydroxyl groups excluding tert-OH is 1. The first-order valence-corrected chi connectivity index (χ1v) is 25.2. The Morgan fingerprint density at radius 1 is 0.792 bits per heavy atom. The molecule has 2 atom stereocenters. The van der Waals surface area contributed by atoms with E-state index < -0.39 is 35.0 Å². The van der Waals surface area contributed by atoms with Crippen LogP contribution in [0.25, 0.3) is 27.6 Å². The molecule has 0 bridgehead atoms. The number of carbonyl (C=O) groups is 5. The van der Waals surface area contributed by atoms with Crippen LogP contribution in [0.1, 0.15) is 81.7 Å². The number of ketones is 2. The van der Waals surface area contributed by atoms with Crippen LogP contribution in [0, 0.1) is 12.3 Å². The largest absolute Gasteiger partial charge is 0.508 e. The molecule has 11 N–H and O–H groups in total.